The Balaban J connectivity index is 0.00000361. The molecule has 120 valence electrons. The summed E-state index contributed by atoms with van der Waals surface area (Å²) < 4.78 is 31.3. The molecule has 0 aromatic heterocycles. The van der Waals surface area contributed by atoms with E-state index in [1.807, 2.05) is 0 Å². The van der Waals surface area contributed by atoms with Crippen molar-refractivity contribution in [3.05, 3.63) is 0 Å². The first-order valence-corrected chi connectivity index (χ1v) is 8.19. The molecule has 1 atom stereocenters. The third-order valence-electron chi connectivity index (χ3n) is 2.84. The molecule has 0 spiro atoms. The normalized spacial score (nSPS) is 19.1. The summed E-state index contributed by atoms with van der Waals surface area (Å²) in [5.41, 5.74) is 0. The van der Waals surface area contributed by atoms with Crippen molar-refractivity contribution in [2.45, 2.75) is 25.4 Å². The minimum absolute atomic E-state index is 0. The van der Waals surface area contributed by atoms with E-state index in [-0.39, 0.29) is 43.3 Å². The molecule has 0 aromatic rings. The van der Waals surface area contributed by atoms with Gasteiger partial charge in [-0.05, 0) is 26.3 Å². The van der Waals surface area contributed by atoms with Crippen LogP contribution < -0.4 is 15.4 Å². The van der Waals surface area contributed by atoms with Gasteiger partial charge >= 0.3 is 0 Å². The molecule has 0 saturated carbocycles. The number of nitrogens with one attached hydrogen (secondary N) is 3. The first-order valence-electron chi connectivity index (χ1n) is 6.54. The fraction of sp³-hybridized carbons (Fsp3) is 0.909. The first-order chi connectivity index (χ1) is 9.03. The van der Waals surface area contributed by atoms with Gasteiger partial charge in [0.05, 0.1) is 18.4 Å². The van der Waals surface area contributed by atoms with Crippen LogP contribution in [0.5, 0.6) is 0 Å². The van der Waals surface area contributed by atoms with Crippen LogP contribution in [0.15, 0.2) is 0 Å². The number of ether oxygens (including phenoxy) is 1. The van der Waals surface area contributed by atoms with Crippen LogP contribution in [0.2, 0.25) is 0 Å². The van der Waals surface area contributed by atoms with Crippen molar-refractivity contribution in [2.75, 3.05) is 39.0 Å². The van der Waals surface area contributed by atoms with Gasteiger partial charge in [-0.2, -0.15) is 0 Å². The van der Waals surface area contributed by atoms with Gasteiger partial charge in [-0.3, -0.25) is 4.79 Å². The largest absolute Gasteiger partial charge is 0.377 e. The van der Waals surface area contributed by atoms with E-state index in [0.29, 0.717) is 13.2 Å². The van der Waals surface area contributed by atoms with Crippen molar-refractivity contribution in [2.24, 2.45) is 0 Å². The van der Waals surface area contributed by atoms with E-state index in [9.17, 15) is 13.2 Å². The van der Waals surface area contributed by atoms with E-state index in [0.717, 1.165) is 19.3 Å². The van der Waals surface area contributed by atoms with Gasteiger partial charge in [0.2, 0.25) is 15.9 Å². The standard InChI is InChI=1S/C11H23N3O4S.ClH/c1-12-9-11(15)13-5-7-19(16,17)14-8-10-4-2-3-6-18-10;/h10,12,14H,2-9H2,1H3,(H,13,15);1H. The average molecular weight is 330 g/mol. The molecule has 3 N–H and O–H groups in total. The lowest BCUT2D eigenvalue weighted by atomic mass is 10.1. The van der Waals surface area contributed by atoms with Crippen molar-refractivity contribution < 1.29 is 17.9 Å². The zero-order chi connectivity index (χ0) is 14.1. The molecule has 1 saturated heterocycles. The van der Waals surface area contributed by atoms with Gasteiger partial charge in [0, 0.05) is 19.7 Å². The highest BCUT2D eigenvalue weighted by atomic mass is 35.5. The second-order valence-corrected chi connectivity index (χ2v) is 6.46. The van der Waals surface area contributed by atoms with Crippen molar-refractivity contribution in [1.82, 2.24) is 15.4 Å². The van der Waals surface area contributed by atoms with Crippen molar-refractivity contribution in [3.8, 4) is 0 Å². The van der Waals surface area contributed by atoms with Gasteiger partial charge in [-0.15, -0.1) is 12.4 Å². The topological polar surface area (TPSA) is 96.5 Å². The second-order valence-electron chi connectivity index (χ2n) is 4.54. The monoisotopic (exact) mass is 329 g/mol. The number of hydrogen-bond donors (Lipinski definition) is 3. The zero-order valence-electron chi connectivity index (χ0n) is 11.7. The molecule has 1 heterocycles. The van der Waals surface area contributed by atoms with Crippen molar-refractivity contribution in [3.63, 3.8) is 0 Å². The van der Waals surface area contributed by atoms with E-state index in [1.54, 1.807) is 7.05 Å². The van der Waals surface area contributed by atoms with Gasteiger partial charge in [0.15, 0.2) is 0 Å². The maximum absolute atomic E-state index is 11.7. The van der Waals surface area contributed by atoms with Crippen LogP contribution in [0.4, 0.5) is 0 Å². The quantitative estimate of drug-likeness (QED) is 0.543. The highest BCUT2D eigenvalue weighted by Gasteiger charge is 2.17. The zero-order valence-corrected chi connectivity index (χ0v) is 13.3. The SMILES string of the molecule is CNCC(=O)NCCS(=O)(=O)NCC1CCCCO1.Cl. The van der Waals surface area contributed by atoms with Crippen molar-refractivity contribution in [1.29, 1.82) is 0 Å². The Labute approximate surface area is 126 Å². The predicted octanol–water partition coefficient (Wildman–Crippen LogP) is -0.768. The molecule has 1 amide bonds. The lowest BCUT2D eigenvalue weighted by Crippen LogP contribution is -2.40. The number of likely N-dealkylation sites (N-methyl/N-ethyl adjacent to an activating group) is 1. The summed E-state index contributed by atoms with van der Waals surface area (Å²) >= 11 is 0. The van der Waals surface area contributed by atoms with E-state index in [1.165, 1.54) is 0 Å². The fourth-order valence-electron chi connectivity index (χ4n) is 1.81. The molecule has 0 aliphatic carbocycles. The van der Waals surface area contributed by atoms with E-state index >= 15 is 0 Å². The highest BCUT2D eigenvalue weighted by molar-refractivity contribution is 7.89. The molecule has 0 aromatic carbocycles. The summed E-state index contributed by atoms with van der Waals surface area (Å²) in [5, 5.41) is 5.22. The van der Waals surface area contributed by atoms with Gasteiger partial charge in [0.1, 0.15) is 0 Å². The summed E-state index contributed by atoms with van der Waals surface area (Å²) in [7, 11) is -1.70. The summed E-state index contributed by atoms with van der Waals surface area (Å²) in [6.45, 7) is 1.31. The predicted molar refractivity (Wildman–Crippen MR) is 79.6 cm³/mol. The van der Waals surface area contributed by atoms with Crippen LogP contribution >= 0.6 is 12.4 Å². The van der Waals surface area contributed by atoms with Crippen LogP contribution in [0.1, 0.15) is 19.3 Å². The Morgan fingerprint density at radius 3 is 2.70 bits per heavy atom. The number of carbonyl (C=O) groups is 1. The van der Waals surface area contributed by atoms with Gasteiger partial charge in [0.25, 0.3) is 0 Å². The number of hydrogen-bond acceptors (Lipinski definition) is 5. The molecule has 20 heavy (non-hydrogen) atoms. The number of halogens is 1. The van der Waals surface area contributed by atoms with Crippen LogP contribution in [0, 0.1) is 0 Å². The average Bonchev–Trinajstić information content (AvgIpc) is 2.38. The molecule has 1 aliphatic heterocycles. The molecule has 0 bridgehead atoms. The maximum Gasteiger partial charge on any atom is 0.233 e. The second kappa shape index (κ2) is 10.3. The molecule has 7 nitrogen and oxygen atoms in total. The Bertz CT molecular complexity index is 372. The number of amides is 1. The van der Waals surface area contributed by atoms with E-state index in [4.69, 9.17) is 4.74 Å². The van der Waals surface area contributed by atoms with Gasteiger partial charge in [-0.1, -0.05) is 0 Å². The molecule has 1 unspecified atom stereocenters. The van der Waals surface area contributed by atoms with Crippen LogP contribution in [-0.2, 0) is 19.6 Å². The van der Waals surface area contributed by atoms with Gasteiger partial charge in [-0.25, -0.2) is 13.1 Å². The molecule has 1 aliphatic rings. The molecule has 9 heteroatoms. The fourth-order valence-corrected chi connectivity index (χ4v) is 2.76. The Morgan fingerprint density at radius 1 is 1.35 bits per heavy atom. The Hall–Kier alpha value is -0.410. The lowest BCUT2D eigenvalue weighted by Gasteiger charge is -2.22. The third-order valence-corrected chi connectivity index (χ3v) is 4.18. The van der Waals surface area contributed by atoms with Crippen molar-refractivity contribution >= 4 is 28.3 Å². The summed E-state index contributed by atoms with van der Waals surface area (Å²) in [4.78, 5) is 11.1. The molecular weight excluding hydrogens is 306 g/mol. The first kappa shape index (κ1) is 19.6. The minimum atomic E-state index is -3.36. The summed E-state index contributed by atoms with van der Waals surface area (Å²) in [5.74, 6) is -0.330. The van der Waals surface area contributed by atoms with E-state index < -0.39 is 10.0 Å². The van der Waals surface area contributed by atoms with Crippen LogP contribution in [0.3, 0.4) is 0 Å². The molecule has 1 fully saturated rings. The van der Waals surface area contributed by atoms with Gasteiger partial charge < -0.3 is 15.4 Å². The summed E-state index contributed by atoms with van der Waals surface area (Å²) in [6, 6.07) is 0. The molecule has 0 radical (unpaired) electrons. The van der Waals surface area contributed by atoms with Crippen LogP contribution in [0.25, 0.3) is 0 Å². The number of sulfonamides is 1. The summed E-state index contributed by atoms with van der Waals surface area (Å²) in [6.07, 6.45) is 2.98. The smallest absolute Gasteiger partial charge is 0.233 e. The third kappa shape index (κ3) is 8.70. The maximum atomic E-state index is 11.7. The Morgan fingerprint density at radius 2 is 2.10 bits per heavy atom. The molecular formula is C11H24ClN3O4S. The highest BCUT2D eigenvalue weighted by Crippen LogP contribution is 2.11. The van der Waals surface area contributed by atoms with Crippen LogP contribution in [-0.4, -0.2) is 59.5 Å². The number of rotatable bonds is 8. The lowest BCUT2D eigenvalue weighted by molar-refractivity contribution is -0.120. The Kier molecular flexibility index (Phi) is 10.1. The molecule has 1 rings (SSSR count). The number of carbonyl (C=O) groups excluding carboxylic acids is 1. The van der Waals surface area contributed by atoms with E-state index in [2.05, 4.69) is 15.4 Å². The minimum Gasteiger partial charge on any atom is -0.377 e.